The summed E-state index contributed by atoms with van der Waals surface area (Å²) in [6.45, 7) is 1.45. The maximum atomic E-state index is 13.4. The molecule has 0 radical (unpaired) electrons. The largest absolute Gasteiger partial charge is 0.463 e. The molecule has 1 aromatic carbocycles. The van der Waals surface area contributed by atoms with Crippen LogP contribution in [0.25, 0.3) is 0 Å². The molecule has 0 spiro atoms. The van der Waals surface area contributed by atoms with E-state index in [2.05, 4.69) is 4.74 Å². The fourth-order valence-electron chi connectivity index (χ4n) is 1.09. The lowest BCUT2D eigenvalue weighted by atomic mass is 10.1. The third-order valence-electron chi connectivity index (χ3n) is 1.83. The lowest BCUT2D eigenvalue weighted by molar-refractivity contribution is -0.135. The summed E-state index contributed by atoms with van der Waals surface area (Å²) in [5.41, 5.74) is -0.165. The number of carbonyl (C=O) groups is 2. The van der Waals surface area contributed by atoms with E-state index >= 15 is 0 Å². The molecule has 0 heterocycles. The fourth-order valence-corrected chi connectivity index (χ4v) is 1.37. The standard InChI is InChI=1S/C10H8ClFO3/c1-5-3-6(11)4-7(8(5)12)9(13)10(14)15-2/h3-4H,1-2H3. The van der Waals surface area contributed by atoms with Crippen molar-refractivity contribution in [3.63, 3.8) is 0 Å². The Morgan fingerprint density at radius 1 is 1.40 bits per heavy atom. The highest BCUT2D eigenvalue weighted by atomic mass is 35.5. The van der Waals surface area contributed by atoms with Crippen molar-refractivity contribution in [1.82, 2.24) is 0 Å². The van der Waals surface area contributed by atoms with Crippen molar-refractivity contribution in [3.8, 4) is 0 Å². The van der Waals surface area contributed by atoms with Gasteiger partial charge in [0.1, 0.15) is 5.82 Å². The number of esters is 1. The Hall–Kier alpha value is -1.42. The Kier molecular flexibility index (Phi) is 3.42. The van der Waals surface area contributed by atoms with Crippen molar-refractivity contribution >= 4 is 23.4 Å². The number of ketones is 1. The van der Waals surface area contributed by atoms with Gasteiger partial charge in [0.25, 0.3) is 5.78 Å². The molecule has 0 bridgehead atoms. The number of hydrogen-bond acceptors (Lipinski definition) is 3. The van der Waals surface area contributed by atoms with Gasteiger partial charge < -0.3 is 4.74 Å². The second kappa shape index (κ2) is 4.40. The first-order valence-electron chi connectivity index (χ1n) is 4.05. The normalized spacial score (nSPS) is 9.87. The maximum Gasteiger partial charge on any atom is 0.379 e. The summed E-state index contributed by atoms with van der Waals surface area (Å²) < 4.78 is 17.6. The average Bonchev–Trinajstić information content (AvgIpc) is 2.21. The monoisotopic (exact) mass is 230 g/mol. The molecule has 0 unspecified atom stereocenters. The summed E-state index contributed by atoms with van der Waals surface area (Å²) in [4.78, 5) is 22.2. The van der Waals surface area contributed by atoms with E-state index in [1.165, 1.54) is 13.0 Å². The fraction of sp³-hybridized carbons (Fsp3) is 0.200. The average molecular weight is 231 g/mol. The highest BCUT2D eigenvalue weighted by Crippen LogP contribution is 2.19. The summed E-state index contributed by atoms with van der Waals surface area (Å²) >= 11 is 5.64. The second-order valence-corrected chi connectivity index (χ2v) is 3.34. The van der Waals surface area contributed by atoms with E-state index in [4.69, 9.17) is 11.6 Å². The highest BCUT2D eigenvalue weighted by Gasteiger charge is 2.22. The number of hydrogen-bond donors (Lipinski definition) is 0. The first kappa shape index (κ1) is 11.7. The minimum Gasteiger partial charge on any atom is -0.463 e. The number of halogens is 2. The highest BCUT2D eigenvalue weighted by molar-refractivity contribution is 6.41. The smallest absolute Gasteiger partial charge is 0.379 e. The molecule has 0 atom stereocenters. The van der Waals surface area contributed by atoms with Gasteiger partial charge in [0.05, 0.1) is 12.7 Å². The van der Waals surface area contributed by atoms with Crippen molar-refractivity contribution in [2.45, 2.75) is 6.92 Å². The lowest BCUT2D eigenvalue weighted by Crippen LogP contribution is -2.17. The Labute approximate surface area is 90.8 Å². The van der Waals surface area contributed by atoms with E-state index in [1.54, 1.807) is 0 Å². The van der Waals surface area contributed by atoms with E-state index in [-0.39, 0.29) is 16.1 Å². The number of methoxy groups -OCH3 is 1. The molecular weight excluding hydrogens is 223 g/mol. The number of carbonyl (C=O) groups excluding carboxylic acids is 2. The molecular formula is C10H8ClFO3. The van der Waals surface area contributed by atoms with Gasteiger partial charge >= 0.3 is 5.97 Å². The molecule has 0 aliphatic carbocycles. The molecule has 0 N–H and O–H groups in total. The SMILES string of the molecule is COC(=O)C(=O)c1cc(Cl)cc(C)c1F. The molecule has 0 aliphatic rings. The first-order valence-corrected chi connectivity index (χ1v) is 4.43. The van der Waals surface area contributed by atoms with Crippen LogP contribution in [0, 0.1) is 12.7 Å². The molecule has 1 aromatic rings. The van der Waals surface area contributed by atoms with E-state index in [1.807, 2.05) is 0 Å². The third kappa shape index (κ3) is 2.33. The summed E-state index contributed by atoms with van der Waals surface area (Å²) in [7, 11) is 1.05. The predicted octanol–water partition coefficient (Wildman–Crippen LogP) is 2.14. The Bertz CT molecular complexity index is 429. The maximum absolute atomic E-state index is 13.4. The summed E-state index contributed by atoms with van der Waals surface area (Å²) in [5.74, 6) is -2.91. The van der Waals surface area contributed by atoms with Gasteiger partial charge in [-0.3, -0.25) is 4.79 Å². The van der Waals surface area contributed by atoms with Crippen LogP contribution in [-0.4, -0.2) is 18.9 Å². The van der Waals surface area contributed by atoms with Gasteiger partial charge in [-0.05, 0) is 24.6 Å². The van der Waals surface area contributed by atoms with E-state index in [0.29, 0.717) is 0 Å². The van der Waals surface area contributed by atoms with Gasteiger partial charge in [0.2, 0.25) is 0 Å². The Morgan fingerprint density at radius 3 is 2.53 bits per heavy atom. The minimum absolute atomic E-state index is 0.196. The number of aryl methyl sites for hydroxylation is 1. The second-order valence-electron chi connectivity index (χ2n) is 2.90. The topological polar surface area (TPSA) is 43.4 Å². The molecule has 1 rings (SSSR count). The molecule has 0 fully saturated rings. The summed E-state index contributed by atoms with van der Waals surface area (Å²) in [6.07, 6.45) is 0. The Balaban J connectivity index is 3.25. The number of rotatable bonds is 2. The minimum atomic E-state index is -1.12. The predicted molar refractivity (Wildman–Crippen MR) is 52.5 cm³/mol. The van der Waals surface area contributed by atoms with Gasteiger partial charge in [-0.15, -0.1) is 0 Å². The van der Waals surface area contributed by atoms with Crippen LogP contribution in [0.4, 0.5) is 4.39 Å². The number of ether oxygens (including phenoxy) is 1. The van der Waals surface area contributed by atoms with Crippen molar-refractivity contribution < 1.29 is 18.7 Å². The van der Waals surface area contributed by atoms with Crippen LogP contribution in [0.15, 0.2) is 12.1 Å². The van der Waals surface area contributed by atoms with Crippen LogP contribution in [-0.2, 0) is 9.53 Å². The molecule has 3 nitrogen and oxygen atoms in total. The van der Waals surface area contributed by atoms with Crippen molar-refractivity contribution in [2.24, 2.45) is 0 Å². The van der Waals surface area contributed by atoms with Crippen molar-refractivity contribution in [3.05, 3.63) is 34.1 Å². The molecule has 0 amide bonds. The van der Waals surface area contributed by atoms with Crippen molar-refractivity contribution in [2.75, 3.05) is 7.11 Å². The molecule has 0 saturated carbocycles. The van der Waals surface area contributed by atoms with Crippen LogP contribution in [0.5, 0.6) is 0 Å². The molecule has 0 aromatic heterocycles. The molecule has 80 valence electrons. The lowest BCUT2D eigenvalue weighted by Gasteiger charge is -2.04. The zero-order valence-electron chi connectivity index (χ0n) is 8.14. The Morgan fingerprint density at radius 2 is 2.00 bits per heavy atom. The van der Waals surface area contributed by atoms with Gasteiger partial charge in [-0.25, -0.2) is 9.18 Å². The zero-order valence-corrected chi connectivity index (χ0v) is 8.89. The van der Waals surface area contributed by atoms with E-state index < -0.39 is 17.6 Å². The zero-order chi connectivity index (χ0) is 11.6. The molecule has 5 heteroatoms. The van der Waals surface area contributed by atoms with Crippen LogP contribution >= 0.6 is 11.6 Å². The first-order chi connectivity index (χ1) is 6.97. The van der Waals surface area contributed by atoms with E-state index in [0.717, 1.165) is 13.2 Å². The molecule has 0 aliphatic heterocycles. The summed E-state index contributed by atoms with van der Waals surface area (Å²) in [5, 5.41) is 0.196. The molecule has 15 heavy (non-hydrogen) atoms. The van der Waals surface area contributed by atoms with Crippen molar-refractivity contribution in [1.29, 1.82) is 0 Å². The number of Topliss-reactive ketones (excluding diaryl/α,β-unsaturated/α-hetero) is 1. The van der Waals surface area contributed by atoms with Gasteiger partial charge in [-0.1, -0.05) is 11.6 Å². The summed E-state index contributed by atoms with van der Waals surface area (Å²) in [6, 6.07) is 2.47. The van der Waals surface area contributed by atoms with Crippen LogP contribution in [0.3, 0.4) is 0 Å². The van der Waals surface area contributed by atoms with Gasteiger partial charge in [0.15, 0.2) is 0 Å². The quantitative estimate of drug-likeness (QED) is 0.444. The van der Waals surface area contributed by atoms with Crippen LogP contribution in [0.1, 0.15) is 15.9 Å². The van der Waals surface area contributed by atoms with Crippen LogP contribution in [0.2, 0.25) is 5.02 Å². The third-order valence-corrected chi connectivity index (χ3v) is 2.05. The van der Waals surface area contributed by atoms with Gasteiger partial charge in [0, 0.05) is 5.02 Å². The number of benzene rings is 1. The van der Waals surface area contributed by atoms with Crippen LogP contribution < -0.4 is 0 Å². The van der Waals surface area contributed by atoms with Gasteiger partial charge in [-0.2, -0.15) is 0 Å². The molecule has 0 saturated heterocycles. The van der Waals surface area contributed by atoms with E-state index in [9.17, 15) is 14.0 Å².